The van der Waals surface area contributed by atoms with Crippen LogP contribution in [0.4, 0.5) is 15.8 Å². The number of nitrogens with two attached hydrogens (primary N) is 1. The van der Waals surface area contributed by atoms with Crippen molar-refractivity contribution < 1.29 is 18.7 Å². The molecule has 23 heavy (non-hydrogen) atoms. The van der Waals surface area contributed by atoms with E-state index in [1.165, 1.54) is 6.07 Å². The van der Waals surface area contributed by atoms with E-state index in [2.05, 4.69) is 5.32 Å². The summed E-state index contributed by atoms with van der Waals surface area (Å²) >= 11 is 5.83. The highest BCUT2D eigenvalue weighted by atomic mass is 35.5. The van der Waals surface area contributed by atoms with Crippen LogP contribution in [-0.4, -0.2) is 18.5 Å². The second kappa shape index (κ2) is 7.11. The lowest BCUT2D eigenvalue weighted by atomic mass is 10.2. The first kappa shape index (κ1) is 16.8. The Morgan fingerprint density at radius 3 is 2.65 bits per heavy atom. The molecule has 0 aromatic heterocycles. The van der Waals surface area contributed by atoms with Crippen molar-refractivity contribution in [1.82, 2.24) is 0 Å². The first-order valence-corrected chi connectivity index (χ1v) is 7.03. The molecule has 0 saturated carbocycles. The van der Waals surface area contributed by atoms with Crippen molar-refractivity contribution in [3.8, 4) is 0 Å². The number of halogens is 2. The summed E-state index contributed by atoms with van der Waals surface area (Å²) in [5, 5.41) is 3.16. The highest BCUT2D eigenvalue weighted by Crippen LogP contribution is 2.19. The lowest BCUT2D eigenvalue weighted by Crippen LogP contribution is -2.21. The van der Waals surface area contributed by atoms with E-state index < -0.39 is 24.3 Å². The minimum Gasteiger partial charge on any atom is -0.452 e. The highest BCUT2D eigenvalue weighted by Gasteiger charge is 2.14. The number of hydrogen-bond acceptors (Lipinski definition) is 4. The topological polar surface area (TPSA) is 81.4 Å². The molecular weight excluding hydrogens is 323 g/mol. The number of anilines is 2. The van der Waals surface area contributed by atoms with Crippen LogP contribution in [0.15, 0.2) is 36.4 Å². The molecule has 0 heterocycles. The van der Waals surface area contributed by atoms with Gasteiger partial charge in [-0.05, 0) is 48.9 Å². The normalized spacial score (nSPS) is 10.2. The summed E-state index contributed by atoms with van der Waals surface area (Å²) in [5.74, 6) is -1.87. The van der Waals surface area contributed by atoms with Gasteiger partial charge >= 0.3 is 5.97 Å². The number of ether oxygens (including phenoxy) is 1. The number of benzene rings is 2. The molecule has 2 rings (SSSR count). The molecule has 0 bridgehead atoms. The number of carbonyl (C=O) groups excluding carboxylic acids is 2. The van der Waals surface area contributed by atoms with Crippen molar-refractivity contribution in [2.45, 2.75) is 6.92 Å². The van der Waals surface area contributed by atoms with E-state index in [1.807, 2.05) is 0 Å². The van der Waals surface area contributed by atoms with E-state index in [-0.39, 0.29) is 11.3 Å². The predicted octanol–water partition coefficient (Wildman–Crippen LogP) is 3.17. The zero-order valence-electron chi connectivity index (χ0n) is 12.2. The van der Waals surface area contributed by atoms with Gasteiger partial charge in [0, 0.05) is 16.4 Å². The van der Waals surface area contributed by atoms with E-state index in [9.17, 15) is 14.0 Å². The van der Waals surface area contributed by atoms with Crippen molar-refractivity contribution in [3.05, 3.63) is 58.4 Å². The summed E-state index contributed by atoms with van der Waals surface area (Å²) in [6.07, 6.45) is 0. The lowest BCUT2D eigenvalue weighted by Gasteiger charge is -2.10. The Bertz CT molecular complexity index is 765. The van der Waals surface area contributed by atoms with E-state index in [1.54, 1.807) is 25.1 Å². The number of aryl methyl sites for hydroxylation is 1. The largest absolute Gasteiger partial charge is 0.452 e. The number of rotatable bonds is 4. The van der Waals surface area contributed by atoms with Crippen molar-refractivity contribution in [1.29, 1.82) is 0 Å². The van der Waals surface area contributed by atoms with Crippen LogP contribution >= 0.6 is 11.6 Å². The molecule has 0 spiro atoms. The molecule has 3 N–H and O–H groups in total. The fourth-order valence-electron chi connectivity index (χ4n) is 1.88. The van der Waals surface area contributed by atoms with Crippen LogP contribution in [0.1, 0.15) is 15.9 Å². The Morgan fingerprint density at radius 2 is 2.00 bits per heavy atom. The first-order chi connectivity index (χ1) is 10.9. The van der Waals surface area contributed by atoms with Gasteiger partial charge in [-0.15, -0.1) is 0 Å². The molecule has 0 saturated heterocycles. The highest BCUT2D eigenvalue weighted by molar-refractivity contribution is 6.30. The van der Waals surface area contributed by atoms with E-state index in [0.29, 0.717) is 10.7 Å². The SMILES string of the molecule is Cc1cc(Cl)ccc1NC(=O)COC(=O)c1ccc(F)cc1N. The number of nitrogen functional groups attached to an aromatic ring is 1. The number of esters is 1. The van der Waals surface area contributed by atoms with Gasteiger partial charge in [0.15, 0.2) is 6.61 Å². The number of carbonyl (C=O) groups is 2. The second-order valence-electron chi connectivity index (χ2n) is 4.82. The Kier molecular flexibility index (Phi) is 5.18. The number of hydrogen-bond donors (Lipinski definition) is 2. The molecule has 0 aliphatic rings. The molecule has 0 radical (unpaired) electrons. The zero-order chi connectivity index (χ0) is 17.0. The summed E-state index contributed by atoms with van der Waals surface area (Å²) in [6, 6.07) is 8.28. The Balaban J connectivity index is 1.94. The fourth-order valence-corrected chi connectivity index (χ4v) is 2.11. The minimum absolute atomic E-state index is 0.00173. The molecule has 0 unspecified atom stereocenters. The van der Waals surface area contributed by atoms with Crippen LogP contribution in [-0.2, 0) is 9.53 Å². The molecule has 0 aliphatic carbocycles. The van der Waals surface area contributed by atoms with Crippen LogP contribution < -0.4 is 11.1 Å². The molecule has 5 nitrogen and oxygen atoms in total. The van der Waals surface area contributed by atoms with Crippen LogP contribution in [0.5, 0.6) is 0 Å². The van der Waals surface area contributed by atoms with Gasteiger partial charge in [-0.3, -0.25) is 4.79 Å². The average molecular weight is 337 g/mol. The predicted molar refractivity (Wildman–Crippen MR) is 85.9 cm³/mol. The van der Waals surface area contributed by atoms with Crippen LogP contribution in [0.25, 0.3) is 0 Å². The quantitative estimate of drug-likeness (QED) is 0.663. The Hall–Kier alpha value is -2.60. The van der Waals surface area contributed by atoms with E-state index in [0.717, 1.165) is 17.7 Å². The van der Waals surface area contributed by atoms with Gasteiger partial charge in [0.05, 0.1) is 5.56 Å². The van der Waals surface area contributed by atoms with Gasteiger partial charge in [0.2, 0.25) is 0 Å². The van der Waals surface area contributed by atoms with Gasteiger partial charge in [0.25, 0.3) is 5.91 Å². The maximum absolute atomic E-state index is 12.9. The molecule has 2 aromatic carbocycles. The summed E-state index contributed by atoms with van der Waals surface area (Å²) in [5.41, 5.74) is 6.83. The lowest BCUT2D eigenvalue weighted by molar-refractivity contribution is -0.119. The van der Waals surface area contributed by atoms with Gasteiger partial charge in [-0.2, -0.15) is 0 Å². The van der Waals surface area contributed by atoms with Crippen molar-refractivity contribution in [2.75, 3.05) is 17.7 Å². The summed E-state index contributed by atoms with van der Waals surface area (Å²) in [4.78, 5) is 23.6. The average Bonchev–Trinajstić information content (AvgIpc) is 2.48. The van der Waals surface area contributed by atoms with Crippen molar-refractivity contribution >= 4 is 34.9 Å². The summed E-state index contributed by atoms with van der Waals surface area (Å²) in [6.45, 7) is 1.30. The molecule has 120 valence electrons. The van der Waals surface area contributed by atoms with E-state index >= 15 is 0 Å². The third kappa shape index (κ3) is 4.43. The fraction of sp³-hybridized carbons (Fsp3) is 0.125. The van der Waals surface area contributed by atoms with Gasteiger partial charge in [0.1, 0.15) is 5.82 Å². The first-order valence-electron chi connectivity index (χ1n) is 6.65. The molecule has 0 atom stereocenters. The molecular formula is C16H14ClFN2O3. The maximum atomic E-state index is 12.9. The molecule has 0 aliphatic heterocycles. The third-order valence-electron chi connectivity index (χ3n) is 3.03. The molecule has 1 amide bonds. The van der Waals surface area contributed by atoms with Crippen LogP contribution in [0, 0.1) is 12.7 Å². The van der Waals surface area contributed by atoms with Crippen LogP contribution in [0.2, 0.25) is 5.02 Å². The standard InChI is InChI=1S/C16H14ClFN2O3/c1-9-6-10(17)2-5-14(9)20-15(21)8-23-16(22)12-4-3-11(18)7-13(12)19/h2-7H,8,19H2,1H3,(H,20,21). The van der Waals surface area contributed by atoms with Gasteiger partial charge in [-0.25, -0.2) is 9.18 Å². The molecule has 7 heteroatoms. The Morgan fingerprint density at radius 1 is 1.26 bits per heavy atom. The van der Waals surface area contributed by atoms with Gasteiger partial charge < -0.3 is 15.8 Å². The monoisotopic (exact) mass is 336 g/mol. The smallest absolute Gasteiger partial charge is 0.340 e. The number of amides is 1. The third-order valence-corrected chi connectivity index (χ3v) is 3.27. The Labute approximate surface area is 137 Å². The van der Waals surface area contributed by atoms with E-state index in [4.69, 9.17) is 22.1 Å². The number of nitrogens with one attached hydrogen (secondary N) is 1. The molecule has 0 fully saturated rings. The minimum atomic E-state index is -0.800. The van der Waals surface area contributed by atoms with Crippen molar-refractivity contribution in [2.24, 2.45) is 0 Å². The second-order valence-corrected chi connectivity index (χ2v) is 5.25. The zero-order valence-corrected chi connectivity index (χ0v) is 13.0. The van der Waals surface area contributed by atoms with Crippen LogP contribution in [0.3, 0.4) is 0 Å². The van der Waals surface area contributed by atoms with Gasteiger partial charge in [-0.1, -0.05) is 11.6 Å². The van der Waals surface area contributed by atoms with Crippen molar-refractivity contribution in [3.63, 3.8) is 0 Å². The maximum Gasteiger partial charge on any atom is 0.340 e. The molecule has 2 aromatic rings. The summed E-state index contributed by atoms with van der Waals surface area (Å²) < 4.78 is 17.8. The summed E-state index contributed by atoms with van der Waals surface area (Å²) in [7, 11) is 0.